The summed E-state index contributed by atoms with van der Waals surface area (Å²) in [6.07, 6.45) is 4.15. The average Bonchev–Trinajstić information content (AvgIpc) is 3.01. The highest BCUT2D eigenvalue weighted by Gasteiger charge is 2.15. The molecular weight excluding hydrogens is 346 g/mol. The molecule has 1 N–H and O–H groups in total. The Morgan fingerprint density at radius 2 is 2.18 bits per heavy atom. The molecule has 0 saturated carbocycles. The Bertz CT molecular complexity index is 661. The number of aryl methyl sites for hydroxylation is 3. The standard InChI is InChI=1S/C15H22BrN5O/c1-5-20-9-13(11(3)19-20)10(2)18-15(22)6-7-21-12(4)14(16)8-17-21/h8-10H,5-7H2,1-4H3,(H,18,22). The van der Waals surface area contributed by atoms with E-state index in [2.05, 4.69) is 31.4 Å². The van der Waals surface area contributed by atoms with Crippen LogP contribution < -0.4 is 5.32 Å². The first-order valence-corrected chi connectivity index (χ1v) is 8.22. The summed E-state index contributed by atoms with van der Waals surface area (Å²) in [6.45, 7) is 9.37. The Morgan fingerprint density at radius 3 is 2.73 bits per heavy atom. The molecule has 7 heteroatoms. The molecule has 0 aliphatic carbocycles. The maximum atomic E-state index is 12.1. The summed E-state index contributed by atoms with van der Waals surface area (Å²) < 4.78 is 4.68. The molecular formula is C15H22BrN5O. The summed E-state index contributed by atoms with van der Waals surface area (Å²) in [5, 5.41) is 11.7. The molecule has 6 nitrogen and oxygen atoms in total. The second kappa shape index (κ2) is 7.09. The van der Waals surface area contributed by atoms with E-state index in [0.29, 0.717) is 13.0 Å². The third-order valence-electron chi connectivity index (χ3n) is 3.75. The molecule has 0 radical (unpaired) electrons. The van der Waals surface area contributed by atoms with Crippen molar-refractivity contribution in [2.45, 2.75) is 53.2 Å². The highest BCUT2D eigenvalue weighted by atomic mass is 79.9. The van der Waals surface area contributed by atoms with Crippen LogP contribution in [-0.2, 0) is 17.9 Å². The van der Waals surface area contributed by atoms with Gasteiger partial charge in [-0.3, -0.25) is 14.2 Å². The Balaban J connectivity index is 1.91. The molecule has 2 rings (SSSR count). The van der Waals surface area contributed by atoms with Crippen LogP contribution in [0, 0.1) is 13.8 Å². The van der Waals surface area contributed by atoms with E-state index in [9.17, 15) is 4.79 Å². The van der Waals surface area contributed by atoms with Crippen LogP contribution in [0.4, 0.5) is 0 Å². The van der Waals surface area contributed by atoms with E-state index in [1.807, 2.05) is 43.3 Å². The first-order chi connectivity index (χ1) is 10.4. The van der Waals surface area contributed by atoms with E-state index in [1.54, 1.807) is 6.20 Å². The van der Waals surface area contributed by atoms with Crippen LogP contribution in [0.15, 0.2) is 16.9 Å². The van der Waals surface area contributed by atoms with Crippen LogP contribution in [-0.4, -0.2) is 25.5 Å². The SMILES string of the molecule is CCn1cc(C(C)NC(=O)CCn2ncc(Br)c2C)c(C)n1. The Morgan fingerprint density at radius 1 is 1.45 bits per heavy atom. The average molecular weight is 368 g/mol. The van der Waals surface area contributed by atoms with Crippen molar-refractivity contribution in [3.63, 3.8) is 0 Å². The Hall–Kier alpha value is -1.63. The molecule has 1 amide bonds. The Labute approximate surface area is 139 Å². The monoisotopic (exact) mass is 367 g/mol. The topological polar surface area (TPSA) is 64.7 Å². The van der Waals surface area contributed by atoms with Gasteiger partial charge in [-0.15, -0.1) is 0 Å². The lowest BCUT2D eigenvalue weighted by Gasteiger charge is -2.13. The van der Waals surface area contributed by atoms with E-state index >= 15 is 0 Å². The van der Waals surface area contributed by atoms with Crippen LogP contribution in [0.1, 0.15) is 43.3 Å². The van der Waals surface area contributed by atoms with Gasteiger partial charge in [0.15, 0.2) is 0 Å². The van der Waals surface area contributed by atoms with Crippen LogP contribution >= 0.6 is 15.9 Å². The van der Waals surface area contributed by atoms with E-state index in [4.69, 9.17) is 0 Å². The van der Waals surface area contributed by atoms with Crippen molar-refractivity contribution in [1.29, 1.82) is 0 Å². The zero-order valence-corrected chi connectivity index (χ0v) is 15.0. The highest BCUT2D eigenvalue weighted by Crippen LogP contribution is 2.17. The summed E-state index contributed by atoms with van der Waals surface area (Å²) in [6, 6.07) is -0.0433. The number of carbonyl (C=O) groups is 1. The van der Waals surface area contributed by atoms with Crippen LogP contribution in [0.25, 0.3) is 0 Å². The lowest BCUT2D eigenvalue weighted by molar-refractivity contribution is -0.122. The highest BCUT2D eigenvalue weighted by molar-refractivity contribution is 9.10. The summed E-state index contributed by atoms with van der Waals surface area (Å²) in [5.74, 6) is 0.0159. The molecule has 1 atom stereocenters. The fourth-order valence-corrected chi connectivity index (χ4v) is 2.66. The first kappa shape index (κ1) is 16.7. The van der Waals surface area contributed by atoms with E-state index in [0.717, 1.165) is 28.0 Å². The van der Waals surface area contributed by atoms with Crippen molar-refractivity contribution >= 4 is 21.8 Å². The molecule has 2 aromatic rings. The van der Waals surface area contributed by atoms with E-state index < -0.39 is 0 Å². The van der Waals surface area contributed by atoms with Gasteiger partial charge in [-0.2, -0.15) is 10.2 Å². The predicted octanol–water partition coefficient (Wildman–Crippen LogP) is 2.75. The first-order valence-electron chi connectivity index (χ1n) is 7.43. The van der Waals surface area contributed by atoms with Crippen molar-refractivity contribution in [2.75, 3.05) is 0 Å². The maximum absolute atomic E-state index is 12.1. The fraction of sp³-hybridized carbons (Fsp3) is 0.533. The van der Waals surface area contributed by atoms with Crippen molar-refractivity contribution in [2.24, 2.45) is 0 Å². The lowest BCUT2D eigenvalue weighted by Crippen LogP contribution is -2.27. The third-order valence-corrected chi connectivity index (χ3v) is 4.52. The molecule has 0 saturated heterocycles. The predicted molar refractivity (Wildman–Crippen MR) is 88.5 cm³/mol. The fourth-order valence-electron chi connectivity index (χ4n) is 2.37. The number of hydrogen-bond acceptors (Lipinski definition) is 3. The van der Waals surface area contributed by atoms with Crippen LogP contribution in [0.3, 0.4) is 0 Å². The summed E-state index contributed by atoms with van der Waals surface area (Å²) in [7, 11) is 0. The van der Waals surface area contributed by atoms with Gasteiger partial charge in [-0.1, -0.05) is 0 Å². The molecule has 1 unspecified atom stereocenters. The lowest BCUT2D eigenvalue weighted by atomic mass is 10.1. The number of nitrogens with one attached hydrogen (secondary N) is 1. The van der Waals surface area contributed by atoms with Gasteiger partial charge >= 0.3 is 0 Å². The smallest absolute Gasteiger partial charge is 0.222 e. The van der Waals surface area contributed by atoms with Crippen LogP contribution in [0.2, 0.25) is 0 Å². The van der Waals surface area contributed by atoms with Crippen molar-refractivity contribution in [1.82, 2.24) is 24.9 Å². The maximum Gasteiger partial charge on any atom is 0.222 e. The second-order valence-corrected chi connectivity index (χ2v) is 6.22. The molecule has 2 heterocycles. The molecule has 0 spiro atoms. The normalized spacial score (nSPS) is 12.4. The van der Waals surface area contributed by atoms with Crippen molar-refractivity contribution in [3.05, 3.63) is 33.8 Å². The quantitative estimate of drug-likeness (QED) is 0.853. The molecule has 0 bridgehead atoms. The van der Waals surface area contributed by atoms with Gasteiger partial charge in [0.25, 0.3) is 0 Å². The molecule has 0 aromatic carbocycles. The minimum atomic E-state index is -0.0433. The minimum absolute atomic E-state index is 0.0159. The van der Waals surface area contributed by atoms with Crippen LogP contribution in [0.5, 0.6) is 0 Å². The molecule has 2 aromatic heterocycles. The number of aromatic nitrogens is 4. The Kier molecular flexibility index (Phi) is 5.39. The summed E-state index contributed by atoms with van der Waals surface area (Å²) in [5.41, 5.74) is 3.05. The zero-order valence-electron chi connectivity index (χ0n) is 13.4. The largest absolute Gasteiger partial charge is 0.349 e. The molecule has 120 valence electrons. The number of rotatable bonds is 6. The molecule has 0 fully saturated rings. The van der Waals surface area contributed by atoms with Gasteiger partial charge in [0.1, 0.15) is 0 Å². The van der Waals surface area contributed by atoms with Crippen molar-refractivity contribution in [3.8, 4) is 0 Å². The second-order valence-electron chi connectivity index (χ2n) is 5.37. The summed E-state index contributed by atoms with van der Waals surface area (Å²) >= 11 is 3.42. The number of carbonyl (C=O) groups excluding carboxylic acids is 1. The van der Waals surface area contributed by atoms with Crippen molar-refractivity contribution < 1.29 is 4.79 Å². The minimum Gasteiger partial charge on any atom is -0.349 e. The van der Waals surface area contributed by atoms with Gasteiger partial charge < -0.3 is 5.32 Å². The molecule has 22 heavy (non-hydrogen) atoms. The third kappa shape index (κ3) is 3.76. The number of hydrogen-bond donors (Lipinski definition) is 1. The molecule has 0 aliphatic heterocycles. The van der Waals surface area contributed by atoms with Gasteiger partial charge in [0.05, 0.1) is 22.4 Å². The van der Waals surface area contributed by atoms with Gasteiger partial charge in [-0.25, -0.2) is 0 Å². The van der Waals surface area contributed by atoms with Gasteiger partial charge in [0, 0.05) is 37.0 Å². The van der Waals surface area contributed by atoms with Gasteiger partial charge in [-0.05, 0) is 43.6 Å². The zero-order chi connectivity index (χ0) is 16.3. The number of halogens is 1. The number of nitrogens with zero attached hydrogens (tertiary/aromatic N) is 4. The number of amides is 1. The van der Waals surface area contributed by atoms with E-state index in [-0.39, 0.29) is 11.9 Å². The van der Waals surface area contributed by atoms with E-state index in [1.165, 1.54) is 0 Å². The summed E-state index contributed by atoms with van der Waals surface area (Å²) in [4.78, 5) is 12.1. The van der Waals surface area contributed by atoms with Gasteiger partial charge in [0.2, 0.25) is 5.91 Å². The molecule has 0 aliphatic rings.